The van der Waals surface area contributed by atoms with Crippen LogP contribution in [-0.2, 0) is 0 Å². The summed E-state index contributed by atoms with van der Waals surface area (Å²) >= 11 is 0. The molecule has 27 heavy (non-hydrogen) atoms. The van der Waals surface area contributed by atoms with E-state index < -0.39 is 11.7 Å². The average Bonchev–Trinajstić information content (AvgIpc) is 2.64. The molecule has 1 aromatic heterocycles. The SMILES string of the molecule is COc1ccc(C(=O)Nc2c(C)nc(N3CCN(C)CC3)nc2C)cc1F. The van der Waals surface area contributed by atoms with Gasteiger partial charge < -0.3 is 19.9 Å². The fraction of sp³-hybridized carbons (Fsp3) is 0.421. The molecule has 7 nitrogen and oxygen atoms in total. The van der Waals surface area contributed by atoms with Crippen molar-refractivity contribution in [2.24, 2.45) is 0 Å². The first-order valence-electron chi connectivity index (χ1n) is 8.82. The van der Waals surface area contributed by atoms with Crippen molar-refractivity contribution in [1.29, 1.82) is 0 Å². The third-order valence-electron chi connectivity index (χ3n) is 4.70. The quantitative estimate of drug-likeness (QED) is 0.886. The Kier molecular flexibility index (Phi) is 5.55. The molecule has 1 N–H and O–H groups in total. The van der Waals surface area contributed by atoms with E-state index in [1.54, 1.807) is 0 Å². The zero-order valence-electron chi connectivity index (χ0n) is 16.0. The molecule has 144 valence electrons. The Morgan fingerprint density at radius 1 is 1.15 bits per heavy atom. The van der Waals surface area contributed by atoms with Crippen LogP contribution in [0.1, 0.15) is 21.7 Å². The number of rotatable bonds is 4. The number of benzene rings is 1. The molecule has 2 aromatic rings. The van der Waals surface area contributed by atoms with Gasteiger partial charge in [-0.05, 0) is 39.1 Å². The van der Waals surface area contributed by atoms with Gasteiger partial charge in [-0.2, -0.15) is 0 Å². The zero-order chi connectivity index (χ0) is 19.6. The standard InChI is InChI=1S/C19H24FN5O2/c1-12-17(23-18(26)14-5-6-16(27-4)15(20)11-14)13(2)22-19(21-12)25-9-7-24(3)8-10-25/h5-6,11H,7-10H2,1-4H3,(H,23,26). The lowest BCUT2D eigenvalue weighted by molar-refractivity contribution is 0.102. The van der Waals surface area contributed by atoms with E-state index in [0.29, 0.717) is 23.0 Å². The Labute approximate surface area is 158 Å². The molecular formula is C19H24FN5O2. The van der Waals surface area contributed by atoms with E-state index in [0.717, 1.165) is 32.2 Å². The number of aryl methyl sites for hydroxylation is 2. The van der Waals surface area contributed by atoms with Crippen LogP contribution in [0.2, 0.25) is 0 Å². The molecule has 0 radical (unpaired) electrons. The van der Waals surface area contributed by atoms with Crippen LogP contribution in [0.4, 0.5) is 16.0 Å². The molecule has 0 aliphatic carbocycles. The number of carbonyl (C=O) groups excluding carboxylic acids is 1. The highest BCUT2D eigenvalue weighted by Gasteiger charge is 2.20. The van der Waals surface area contributed by atoms with Gasteiger partial charge in [-0.15, -0.1) is 0 Å². The summed E-state index contributed by atoms with van der Waals surface area (Å²) in [6.45, 7) is 7.32. The van der Waals surface area contributed by atoms with Crippen molar-refractivity contribution in [2.75, 3.05) is 50.6 Å². The van der Waals surface area contributed by atoms with Crippen LogP contribution in [0, 0.1) is 19.7 Å². The average molecular weight is 373 g/mol. The van der Waals surface area contributed by atoms with E-state index in [4.69, 9.17) is 4.74 Å². The zero-order valence-corrected chi connectivity index (χ0v) is 16.0. The van der Waals surface area contributed by atoms with E-state index in [2.05, 4.69) is 32.1 Å². The van der Waals surface area contributed by atoms with E-state index >= 15 is 0 Å². The molecule has 0 unspecified atom stereocenters. The largest absolute Gasteiger partial charge is 0.494 e. The minimum Gasteiger partial charge on any atom is -0.494 e. The second-order valence-electron chi connectivity index (χ2n) is 6.66. The van der Waals surface area contributed by atoms with Crippen molar-refractivity contribution in [3.05, 3.63) is 41.0 Å². The number of anilines is 2. The Morgan fingerprint density at radius 3 is 2.33 bits per heavy atom. The molecule has 1 aliphatic heterocycles. The first kappa shape index (κ1) is 19.0. The molecule has 1 aromatic carbocycles. The summed E-state index contributed by atoms with van der Waals surface area (Å²) in [6.07, 6.45) is 0. The van der Waals surface area contributed by atoms with E-state index in [1.807, 2.05) is 13.8 Å². The lowest BCUT2D eigenvalue weighted by atomic mass is 10.2. The highest BCUT2D eigenvalue weighted by Crippen LogP contribution is 2.23. The maximum absolute atomic E-state index is 13.9. The minimum absolute atomic E-state index is 0.0961. The lowest BCUT2D eigenvalue weighted by Gasteiger charge is -2.32. The molecule has 3 rings (SSSR count). The molecular weight excluding hydrogens is 349 g/mol. The molecule has 1 amide bonds. The number of aromatic nitrogens is 2. The van der Waals surface area contributed by atoms with Gasteiger partial charge in [0.25, 0.3) is 5.91 Å². The summed E-state index contributed by atoms with van der Waals surface area (Å²) in [4.78, 5) is 26.0. The smallest absolute Gasteiger partial charge is 0.255 e. The molecule has 0 spiro atoms. The topological polar surface area (TPSA) is 70.6 Å². The summed E-state index contributed by atoms with van der Waals surface area (Å²) in [6, 6.07) is 4.09. The number of carbonyl (C=O) groups is 1. The number of nitrogens with zero attached hydrogens (tertiary/aromatic N) is 4. The first-order valence-corrected chi connectivity index (χ1v) is 8.82. The van der Waals surface area contributed by atoms with Gasteiger partial charge in [-0.3, -0.25) is 4.79 Å². The number of likely N-dealkylation sites (N-methyl/N-ethyl adjacent to an activating group) is 1. The number of nitrogens with one attached hydrogen (secondary N) is 1. The molecule has 1 saturated heterocycles. The minimum atomic E-state index is -0.583. The molecule has 1 fully saturated rings. The maximum Gasteiger partial charge on any atom is 0.255 e. The van der Waals surface area contributed by atoms with E-state index in [1.165, 1.54) is 19.2 Å². The van der Waals surface area contributed by atoms with Crippen LogP contribution in [0.5, 0.6) is 5.75 Å². The number of hydrogen-bond donors (Lipinski definition) is 1. The number of hydrogen-bond acceptors (Lipinski definition) is 6. The fourth-order valence-corrected chi connectivity index (χ4v) is 3.02. The monoisotopic (exact) mass is 373 g/mol. The molecule has 8 heteroatoms. The summed E-state index contributed by atoms with van der Waals surface area (Å²) in [7, 11) is 3.47. The fourth-order valence-electron chi connectivity index (χ4n) is 3.02. The molecule has 0 atom stereocenters. The van der Waals surface area contributed by atoms with Gasteiger partial charge in [0.05, 0.1) is 24.2 Å². The lowest BCUT2D eigenvalue weighted by Crippen LogP contribution is -2.45. The number of piperazine rings is 1. The van der Waals surface area contributed by atoms with Crippen molar-refractivity contribution < 1.29 is 13.9 Å². The van der Waals surface area contributed by atoms with Gasteiger partial charge in [-0.1, -0.05) is 0 Å². The molecule has 1 aliphatic rings. The highest BCUT2D eigenvalue weighted by atomic mass is 19.1. The second kappa shape index (κ2) is 7.87. The van der Waals surface area contributed by atoms with Crippen molar-refractivity contribution in [3.63, 3.8) is 0 Å². The number of ether oxygens (including phenoxy) is 1. The van der Waals surface area contributed by atoms with Crippen LogP contribution < -0.4 is 15.0 Å². The van der Waals surface area contributed by atoms with Crippen LogP contribution in [0.25, 0.3) is 0 Å². The predicted molar refractivity (Wildman–Crippen MR) is 102 cm³/mol. The van der Waals surface area contributed by atoms with Gasteiger partial charge in [0, 0.05) is 31.7 Å². The predicted octanol–water partition coefficient (Wildman–Crippen LogP) is 2.25. The van der Waals surface area contributed by atoms with Crippen LogP contribution in [0.3, 0.4) is 0 Å². The Hall–Kier alpha value is -2.74. The number of amides is 1. The van der Waals surface area contributed by atoms with Gasteiger partial charge in [0.2, 0.25) is 5.95 Å². The van der Waals surface area contributed by atoms with Gasteiger partial charge in [0.1, 0.15) is 0 Å². The van der Waals surface area contributed by atoms with Gasteiger partial charge in [-0.25, -0.2) is 14.4 Å². The van der Waals surface area contributed by atoms with Crippen LogP contribution >= 0.6 is 0 Å². The molecule has 0 saturated carbocycles. The van der Waals surface area contributed by atoms with Crippen molar-refractivity contribution in [2.45, 2.75) is 13.8 Å². The summed E-state index contributed by atoms with van der Waals surface area (Å²) in [5.74, 6) is -0.232. The first-order chi connectivity index (χ1) is 12.9. The number of methoxy groups -OCH3 is 1. The Balaban J connectivity index is 1.79. The second-order valence-corrected chi connectivity index (χ2v) is 6.66. The maximum atomic E-state index is 13.9. The molecule has 0 bridgehead atoms. The Bertz CT molecular complexity index is 827. The van der Waals surface area contributed by atoms with Crippen LogP contribution in [0.15, 0.2) is 18.2 Å². The summed E-state index contributed by atoms with van der Waals surface area (Å²) < 4.78 is 18.7. The Morgan fingerprint density at radius 2 is 1.78 bits per heavy atom. The number of halogens is 1. The van der Waals surface area contributed by atoms with Crippen molar-refractivity contribution in [1.82, 2.24) is 14.9 Å². The van der Waals surface area contributed by atoms with E-state index in [9.17, 15) is 9.18 Å². The molecule has 2 heterocycles. The van der Waals surface area contributed by atoms with Gasteiger partial charge in [0.15, 0.2) is 11.6 Å². The van der Waals surface area contributed by atoms with E-state index in [-0.39, 0.29) is 11.3 Å². The van der Waals surface area contributed by atoms with Crippen molar-refractivity contribution in [3.8, 4) is 5.75 Å². The van der Waals surface area contributed by atoms with Crippen molar-refractivity contribution >= 4 is 17.5 Å². The normalized spacial score (nSPS) is 14.9. The van der Waals surface area contributed by atoms with Crippen LogP contribution in [-0.4, -0.2) is 61.1 Å². The summed E-state index contributed by atoms with van der Waals surface area (Å²) in [5, 5.41) is 2.80. The highest BCUT2D eigenvalue weighted by molar-refractivity contribution is 6.04. The third kappa shape index (κ3) is 4.16. The third-order valence-corrected chi connectivity index (χ3v) is 4.70. The summed E-state index contributed by atoms with van der Waals surface area (Å²) in [5.41, 5.74) is 2.11. The van der Waals surface area contributed by atoms with Gasteiger partial charge >= 0.3 is 0 Å².